The molecule has 3 N–H and O–H groups in total. The fraction of sp³-hybridized carbons (Fsp3) is 0.571. The second-order valence-electron chi connectivity index (χ2n) is 10.9. The summed E-state index contributed by atoms with van der Waals surface area (Å²) in [5.74, 6) is 2.36. The van der Waals surface area contributed by atoms with Gasteiger partial charge in [0.1, 0.15) is 11.9 Å². The maximum Gasteiger partial charge on any atom is 0.407 e. The number of nitrogens with zero attached hydrogens (tertiary/aromatic N) is 4. The normalized spacial score (nSPS) is 27.6. The van der Waals surface area contributed by atoms with Crippen molar-refractivity contribution in [3.8, 4) is 5.88 Å². The Hall–Kier alpha value is -3.44. The summed E-state index contributed by atoms with van der Waals surface area (Å²) in [6.45, 7) is 2.66. The molecule has 3 aliphatic heterocycles. The molecule has 4 heterocycles. The number of alkyl carbamates (subject to hydrolysis) is 1. The molecule has 1 aromatic carbocycles. The van der Waals surface area contributed by atoms with Crippen LogP contribution in [0.3, 0.4) is 0 Å². The summed E-state index contributed by atoms with van der Waals surface area (Å²) in [6, 6.07) is 6.28. The molecule has 4 aliphatic rings. The van der Waals surface area contributed by atoms with Crippen LogP contribution in [0.25, 0.3) is 10.9 Å². The van der Waals surface area contributed by atoms with Gasteiger partial charge in [0.25, 0.3) is 0 Å². The number of rotatable bonds is 8. The first kappa shape index (κ1) is 25.8. The minimum Gasteiger partial charge on any atom is -0.476 e. The largest absolute Gasteiger partial charge is 0.476 e. The van der Waals surface area contributed by atoms with E-state index in [1.807, 2.05) is 42.3 Å². The summed E-state index contributed by atoms with van der Waals surface area (Å²) in [6.07, 6.45) is 9.70. The molecule has 1 aliphatic carbocycles. The lowest BCUT2D eigenvalue weighted by Crippen LogP contribution is -2.36. The van der Waals surface area contributed by atoms with Gasteiger partial charge in [-0.1, -0.05) is 6.07 Å². The Morgan fingerprint density at radius 1 is 1.31 bits per heavy atom. The van der Waals surface area contributed by atoms with Crippen molar-refractivity contribution in [2.24, 2.45) is 28.9 Å². The number of benzene rings is 1. The number of amides is 1. The Bertz CT molecular complexity index is 1280. The van der Waals surface area contributed by atoms with Crippen LogP contribution >= 0.6 is 0 Å². The molecule has 6 rings (SSSR count). The van der Waals surface area contributed by atoms with Gasteiger partial charge >= 0.3 is 6.09 Å². The number of para-hydroxylation sites is 1. The maximum absolute atomic E-state index is 12.3. The molecule has 0 radical (unpaired) electrons. The Balaban J connectivity index is 1.03. The molecule has 1 aromatic heterocycles. The van der Waals surface area contributed by atoms with Crippen LogP contribution in [0.4, 0.5) is 10.5 Å². The highest BCUT2D eigenvalue weighted by atomic mass is 16.6. The van der Waals surface area contributed by atoms with Crippen molar-refractivity contribution in [2.45, 2.75) is 57.1 Å². The maximum atomic E-state index is 12.3. The zero-order valence-electron chi connectivity index (χ0n) is 22.4. The smallest absolute Gasteiger partial charge is 0.407 e. The average Bonchev–Trinajstić information content (AvgIpc) is 3.76. The predicted molar refractivity (Wildman–Crippen MR) is 148 cm³/mol. The average molecular weight is 536 g/mol. The number of carbonyl (C=O) groups excluding carboxylic acids is 1. The second-order valence-corrected chi connectivity index (χ2v) is 10.9. The summed E-state index contributed by atoms with van der Waals surface area (Å²) in [7, 11) is 1.93. The third kappa shape index (κ3) is 6.09. The Kier molecular flexibility index (Phi) is 7.78. The van der Waals surface area contributed by atoms with E-state index in [1.54, 1.807) is 0 Å². The molecule has 11 nitrogen and oxygen atoms in total. The number of ether oxygens (including phenoxy) is 3. The van der Waals surface area contributed by atoms with Crippen LogP contribution in [-0.4, -0.2) is 66.4 Å². The number of nitrogens with one attached hydrogen (secondary N) is 3. The molecular weight excluding hydrogens is 498 g/mol. The lowest BCUT2D eigenvalue weighted by molar-refractivity contribution is 0.0982. The molecule has 2 unspecified atom stereocenters. The summed E-state index contributed by atoms with van der Waals surface area (Å²) < 4.78 is 19.1. The Morgan fingerprint density at radius 2 is 2.26 bits per heavy atom. The number of aliphatic imine (C=N–C) groups is 2. The summed E-state index contributed by atoms with van der Waals surface area (Å²) in [4.78, 5) is 21.4. The van der Waals surface area contributed by atoms with Gasteiger partial charge in [-0.15, -0.1) is 5.10 Å². The molecule has 208 valence electrons. The highest BCUT2D eigenvalue weighted by Crippen LogP contribution is 2.35. The van der Waals surface area contributed by atoms with Crippen molar-refractivity contribution in [2.75, 3.05) is 26.4 Å². The highest BCUT2D eigenvalue weighted by molar-refractivity contribution is 5.97. The lowest BCUT2D eigenvalue weighted by atomic mass is 9.96. The van der Waals surface area contributed by atoms with Gasteiger partial charge in [-0.3, -0.25) is 9.67 Å². The third-order valence-corrected chi connectivity index (χ3v) is 8.04. The van der Waals surface area contributed by atoms with Crippen molar-refractivity contribution in [3.63, 3.8) is 0 Å². The van der Waals surface area contributed by atoms with Crippen LogP contribution in [0.15, 0.2) is 40.0 Å². The van der Waals surface area contributed by atoms with E-state index in [9.17, 15) is 4.79 Å². The fourth-order valence-electron chi connectivity index (χ4n) is 5.89. The van der Waals surface area contributed by atoms with Gasteiger partial charge in [0, 0.05) is 51.0 Å². The van der Waals surface area contributed by atoms with Crippen molar-refractivity contribution >= 4 is 34.7 Å². The van der Waals surface area contributed by atoms with E-state index in [0.29, 0.717) is 30.9 Å². The van der Waals surface area contributed by atoms with Gasteiger partial charge in [0.15, 0.2) is 0 Å². The van der Waals surface area contributed by atoms with Gasteiger partial charge in [-0.2, -0.15) is 0 Å². The second kappa shape index (κ2) is 11.7. The van der Waals surface area contributed by atoms with Gasteiger partial charge in [0.2, 0.25) is 5.88 Å². The van der Waals surface area contributed by atoms with Gasteiger partial charge in [0.05, 0.1) is 29.8 Å². The number of amidine groups is 1. The number of hydrogen-bond acceptors (Lipinski definition) is 8. The van der Waals surface area contributed by atoms with E-state index in [-0.39, 0.29) is 18.2 Å². The summed E-state index contributed by atoms with van der Waals surface area (Å²) in [5, 5.41) is 8.46. The van der Waals surface area contributed by atoms with Crippen LogP contribution < -0.4 is 20.9 Å². The molecule has 3 fully saturated rings. The molecule has 2 aromatic rings. The SMILES string of the molecule is Cn1nc(OCC2CCOC2)c2cccc(N=C3CC([C@H]4CC[C@@H](OC(=O)NCC5=CN=CCC5)C4)NN3)c21. The van der Waals surface area contributed by atoms with Crippen LogP contribution in [-0.2, 0) is 16.5 Å². The van der Waals surface area contributed by atoms with Gasteiger partial charge < -0.3 is 25.0 Å². The zero-order chi connectivity index (χ0) is 26.6. The molecule has 0 spiro atoms. The van der Waals surface area contributed by atoms with Crippen LogP contribution in [0.2, 0.25) is 0 Å². The van der Waals surface area contributed by atoms with Crippen molar-refractivity contribution in [1.29, 1.82) is 0 Å². The van der Waals surface area contributed by atoms with Crippen LogP contribution in [0.1, 0.15) is 44.9 Å². The quantitative estimate of drug-likeness (QED) is 0.473. The number of hydrogen-bond donors (Lipinski definition) is 3. The topological polar surface area (TPSA) is 123 Å². The number of carbonyl (C=O) groups is 1. The van der Waals surface area contributed by atoms with E-state index < -0.39 is 0 Å². The molecule has 2 saturated heterocycles. The minimum absolute atomic E-state index is 0.0615. The Labute approximate surface area is 228 Å². The number of aromatic nitrogens is 2. The highest BCUT2D eigenvalue weighted by Gasteiger charge is 2.36. The molecule has 1 amide bonds. The first-order valence-electron chi connectivity index (χ1n) is 14.0. The molecular formula is C28H37N7O4. The van der Waals surface area contributed by atoms with Crippen LogP contribution in [0.5, 0.6) is 5.88 Å². The van der Waals surface area contributed by atoms with E-state index in [4.69, 9.17) is 19.2 Å². The van der Waals surface area contributed by atoms with Crippen LogP contribution in [0, 0.1) is 11.8 Å². The van der Waals surface area contributed by atoms with Crippen molar-refractivity contribution < 1.29 is 19.0 Å². The van der Waals surface area contributed by atoms with Gasteiger partial charge in [-0.25, -0.2) is 15.2 Å². The first-order chi connectivity index (χ1) is 19.1. The van der Waals surface area contributed by atoms with Crippen molar-refractivity contribution in [3.05, 3.63) is 30.0 Å². The molecule has 4 atom stereocenters. The summed E-state index contributed by atoms with van der Waals surface area (Å²) >= 11 is 0. The molecule has 1 saturated carbocycles. The van der Waals surface area contributed by atoms with Crippen molar-refractivity contribution in [1.82, 2.24) is 25.9 Å². The molecule has 0 bridgehead atoms. The van der Waals surface area contributed by atoms with E-state index in [0.717, 1.165) is 86.2 Å². The number of aryl methyl sites for hydroxylation is 1. The first-order valence-corrected chi connectivity index (χ1v) is 14.0. The number of hydrazine groups is 1. The summed E-state index contributed by atoms with van der Waals surface area (Å²) in [5.41, 5.74) is 9.62. The fourth-order valence-corrected chi connectivity index (χ4v) is 5.89. The monoisotopic (exact) mass is 535 g/mol. The van der Waals surface area contributed by atoms with E-state index >= 15 is 0 Å². The standard InChI is InChI=1S/C28H37N7O4/c1-35-26-22(27(34-35)38-17-19-9-11-37-16-19)5-2-6-23(26)31-25-13-24(32-33-25)20-7-8-21(12-20)39-28(36)30-15-18-4-3-10-29-14-18/h2,5-6,10,14,19-21,24,32H,3-4,7-9,11-13,15-17H2,1H3,(H,30,36)(H,31,33)/t19?,20-,21+,24?/m0/s1. The lowest BCUT2D eigenvalue weighted by Gasteiger charge is -2.18. The molecule has 11 heteroatoms. The molecule has 39 heavy (non-hydrogen) atoms. The van der Waals surface area contributed by atoms with Gasteiger partial charge in [-0.05, 0) is 62.1 Å². The number of fused-ring (bicyclic) bond motifs is 1. The Morgan fingerprint density at radius 3 is 3.10 bits per heavy atom. The zero-order valence-corrected chi connectivity index (χ0v) is 22.4. The predicted octanol–water partition coefficient (Wildman–Crippen LogP) is 3.53. The third-order valence-electron chi connectivity index (χ3n) is 8.04. The minimum atomic E-state index is -0.347. The van der Waals surface area contributed by atoms with E-state index in [2.05, 4.69) is 26.3 Å². The van der Waals surface area contributed by atoms with E-state index in [1.165, 1.54) is 0 Å².